The van der Waals surface area contributed by atoms with Crippen LogP contribution in [0.3, 0.4) is 0 Å². The molecular formula is C14H26O7. The second-order valence-corrected chi connectivity index (χ2v) is 5.36. The number of carbonyl (C=O) groups is 1. The third kappa shape index (κ3) is 4.62. The number of aliphatic hydroxyl groups is 4. The SMILES string of the molecule is CCCCO[C@@H]1[C@H](O)[C@@H](O)[C@H](O)[C@@H](O)[C@@H]1OC(=O)CCC. The van der Waals surface area contributed by atoms with Crippen LogP contribution in [-0.4, -0.2) is 69.6 Å². The number of esters is 1. The minimum absolute atomic E-state index is 0.166. The number of hydrogen-bond donors (Lipinski definition) is 4. The first-order chi connectivity index (χ1) is 9.93. The van der Waals surface area contributed by atoms with Gasteiger partial charge in [0.2, 0.25) is 0 Å². The molecule has 0 bridgehead atoms. The van der Waals surface area contributed by atoms with Gasteiger partial charge < -0.3 is 29.9 Å². The number of aliphatic hydroxyl groups excluding tert-OH is 4. The molecule has 4 N–H and O–H groups in total. The molecule has 0 amide bonds. The van der Waals surface area contributed by atoms with Crippen molar-refractivity contribution in [3.8, 4) is 0 Å². The Balaban J connectivity index is 2.80. The Morgan fingerprint density at radius 3 is 2.00 bits per heavy atom. The molecule has 7 nitrogen and oxygen atoms in total. The molecule has 0 aromatic heterocycles. The number of rotatable bonds is 7. The first-order valence-corrected chi connectivity index (χ1v) is 7.47. The van der Waals surface area contributed by atoms with E-state index in [9.17, 15) is 25.2 Å². The second-order valence-electron chi connectivity index (χ2n) is 5.36. The van der Waals surface area contributed by atoms with Crippen molar-refractivity contribution < 1.29 is 34.7 Å². The van der Waals surface area contributed by atoms with E-state index in [-0.39, 0.29) is 6.42 Å². The van der Waals surface area contributed by atoms with Crippen LogP contribution < -0.4 is 0 Å². The number of hydrogen-bond acceptors (Lipinski definition) is 7. The first kappa shape index (κ1) is 18.3. The molecule has 0 saturated heterocycles. The molecule has 1 fully saturated rings. The van der Waals surface area contributed by atoms with Crippen LogP contribution in [0.4, 0.5) is 0 Å². The second kappa shape index (κ2) is 8.65. The van der Waals surface area contributed by atoms with Crippen molar-refractivity contribution in [1.29, 1.82) is 0 Å². The Morgan fingerprint density at radius 2 is 1.48 bits per heavy atom. The zero-order chi connectivity index (χ0) is 16.0. The first-order valence-electron chi connectivity index (χ1n) is 7.47. The van der Waals surface area contributed by atoms with E-state index in [1.165, 1.54) is 0 Å². The van der Waals surface area contributed by atoms with Crippen molar-refractivity contribution in [3.63, 3.8) is 0 Å². The Kier molecular flexibility index (Phi) is 7.55. The predicted molar refractivity (Wildman–Crippen MR) is 73.5 cm³/mol. The lowest BCUT2D eigenvalue weighted by atomic mass is 9.84. The van der Waals surface area contributed by atoms with Crippen molar-refractivity contribution >= 4 is 5.97 Å². The van der Waals surface area contributed by atoms with Crippen LogP contribution in [-0.2, 0) is 14.3 Å². The molecule has 21 heavy (non-hydrogen) atoms. The summed E-state index contributed by atoms with van der Waals surface area (Å²) in [4.78, 5) is 11.6. The van der Waals surface area contributed by atoms with Gasteiger partial charge >= 0.3 is 5.97 Å². The van der Waals surface area contributed by atoms with Gasteiger partial charge in [-0.25, -0.2) is 0 Å². The fraction of sp³-hybridized carbons (Fsp3) is 0.929. The monoisotopic (exact) mass is 306 g/mol. The third-order valence-corrected chi connectivity index (χ3v) is 3.58. The van der Waals surface area contributed by atoms with Crippen LogP contribution in [0, 0.1) is 0 Å². The zero-order valence-corrected chi connectivity index (χ0v) is 12.5. The fourth-order valence-electron chi connectivity index (χ4n) is 2.29. The van der Waals surface area contributed by atoms with Gasteiger partial charge in [0.1, 0.15) is 30.5 Å². The lowest BCUT2D eigenvalue weighted by Gasteiger charge is -2.43. The minimum atomic E-state index is -1.59. The van der Waals surface area contributed by atoms with Gasteiger partial charge in [0.05, 0.1) is 0 Å². The van der Waals surface area contributed by atoms with Gasteiger partial charge in [-0.05, 0) is 12.8 Å². The van der Waals surface area contributed by atoms with E-state index in [1.54, 1.807) is 6.92 Å². The van der Waals surface area contributed by atoms with E-state index in [0.29, 0.717) is 13.0 Å². The van der Waals surface area contributed by atoms with E-state index >= 15 is 0 Å². The third-order valence-electron chi connectivity index (χ3n) is 3.58. The summed E-state index contributed by atoms with van der Waals surface area (Å²) in [7, 11) is 0. The summed E-state index contributed by atoms with van der Waals surface area (Å²) in [5.41, 5.74) is 0. The maximum atomic E-state index is 11.6. The van der Waals surface area contributed by atoms with Gasteiger partial charge in [0.25, 0.3) is 0 Å². The Labute approximate surface area is 124 Å². The number of carbonyl (C=O) groups excluding carboxylic acids is 1. The zero-order valence-electron chi connectivity index (χ0n) is 12.5. The van der Waals surface area contributed by atoms with Gasteiger partial charge in [0.15, 0.2) is 6.10 Å². The lowest BCUT2D eigenvalue weighted by Crippen LogP contribution is -2.65. The highest BCUT2D eigenvalue weighted by molar-refractivity contribution is 5.69. The molecule has 6 atom stereocenters. The summed E-state index contributed by atoms with van der Waals surface area (Å²) < 4.78 is 10.6. The van der Waals surface area contributed by atoms with Crippen LogP contribution in [0.5, 0.6) is 0 Å². The summed E-state index contributed by atoms with van der Waals surface area (Å²) in [6.07, 6.45) is -5.99. The molecular weight excluding hydrogens is 280 g/mol. The van der Waals surface area contributed by atoms with E-state index < -0.39 is 42.6 Å². The summed E-state index contributed by atoms with van der Waals surface area (Å²) in [5.74, 6) is -0.540. The van der Waals surface area contributed by atoms with Gasteiger partial charge in [0, 0.05) is 13.0 Å². The summed E-state index contributed by atoms with van der Waals surface area (Å²) >= 11 is 0. The Bertz CT molecular complexity index is 322. The summed E-state index contributed by atoms with van der Waals surface area (Å²) in [5, 5.41) is 39.4. The molecule has 0 radical (unpaired) electrons. The molecule has 1 saturated carbocycles. The number of ether oxygens (including phenoxy) is 2. The maximum absolute atomic E-state index is 11.6. The smallest absolute Gasteiger partial charge is 0.306 e. The van der Waals surface area contributed by atoms with Crippen molar-refractivity contribution in [3.05, 3.63) is 0 Å². The van der Waals surface area contributed by atoms with Crippen LogP contribution in [0.2, 0.25) is 0 Å². The van der Waals surface area contributed by atoms with Gasteiger partial charge in [-0.2, -0.15) is 0 Å². The molecule has 0 aromatic rings. The van der Waals surface area contributed by atoms with E-state index in [2.05, 4.69) is 0 Å². The highest BCUT2D eigenvalue weighted by Crippen LogP contribution is 2.27. The quantitative estimate of drug-likeness (QED) is 0.364. The average molecular weight is 306 g/mol. The molecule has 7 heteroatoms. The van der Waals surface area contributed by atoms with Crippen LogP contribution in [0.25, 0.3) is 0 Å². The standard InChI is InChI=1S/C14H26O7/c1-3-5-7-20-13-11(18)9(16)10(17)12(19)14(13)21-8(15)6-4-2/h9-14,16-19H,3-7H2,1-2H3/t9-,10-,11+,12+,13+,14-/m0/s1. The minimum Gasteiger partial charge on any atom is -0.457 e. The van der Waals surface area contributed by atoms with Crippen molar-refractivity contribution in [2.45, 2.75) is 76.2 Å². The molecule has 0 spiro atoms. The topological polar surface area (TPSA) is 116 Å². The largest absolute Gasteiger partial charge is 0.457 e. The summed E-state index contributed by atoms with van der Waals surface area (Å²) in [6, 6.07) is 0. The van der Waals surface area contributed by atoms with Crippen molar-refractivity contribution in [1.82, 2.24) is 0 Å². The van der Waals surface area contributed by atoms with Crippen LogP contribution >= 0.6 is 0 Å². The fourth-order valence-corrected chi connectivity index (χ4v) is 2.29. The van der Waals surface area contributed by atoms with Gasteiger partial charge in [-0.15, -0.1) is 0 Å². The van der Waals surface area contributed by atoms with Crippen molar-refractivity contribution in [2.75, 3.05) is 6.61 Å². The van der Waals surface area contributed by atoms with Gasteiger partial charge in [-0.1, -0.05) is 20.3 Å². The molecule has 0 aromatic carbocycles. The molecule has 0 aliphatic heterocycles. The maximum Gasteiger partial charge on any atom is 0.306 e. The van der Waals surface area contributed by atoms with Crippen LogP contribution in [0.15, 0.2) is 0 Å². The van der Waals surface area contributed by atoms with E-state index in [1.807, 2.05) is 6.92 Å². The highest BCUT2D eigenvalue weighted by atomic mass is 16.6. The molecule has 124 valence electrons. The molecule has 1 aliphatic rings. The molecule has 1 aliphatic carbocycles. The highest BCUT2D eigenvalue weighted by Gasteiger charge is 2.51. The van der Waals surface area contributed by atoms with Crippen LogP contribution in [0.1, 0.15) is 39.5 Å². The molecule has 1 rings (SSSR count). The Hall–Kier alpha value is -0.730. The normalized spacial score (nSPS) is 36.5. The summed E-state index contributed by atoms with van der Waals surface area (Å²) in [6.45, 7) is 4.07. The predicted octanol–water partition coefficient (Wildman–Crippen LogP) is -0.659. The van der Waals surface area contributed by atoms with Crippen molar-refractivity contribution in [2.24, 2.45) is 0 Å². The molecule has 0 unspecified atom stereocenters. The number of unbranched alkanes of at least 4 members (excludes halogenated alkanes) is 1. The van der Waals surface area contributed by atoms with Gasteiger partial charge in [-0.3, -0.25) is 4.79 Å². The average Bonchev–Trinajstić information content (AvgIpc) is 2.46. The molecule has 0 heterocycles. The van der Waals surface area contributed by atoms with E-state index in [4.69, 9.17) is 9.47 Å². The Morgan fingerprint density at radius 1 is 0.905 bits per heavy atom. The van der Waals surface area contributed by atoms with E-state index in [0.717, 1.165) is 12.8 Å². The lowest BCUT2D eigenvalue weighted by molar-refractivity contribution is -0.243.